The molecule has 0 spiro atoms. The number of aromatic carboxylic acids is 1. The molecule has 1 aromatic carbocycles. The average Bonchev–Trinajstić information content (AvgIpc) is 2.79. The number of furan rings is 1. The van der Waals surface area contributed by atoms with Crippen LogP contribution in [0.3, 0.4) is 0 Å². The van der Waals surface area contributed by atoms with E-state index in [2.05, 4.69) is 15.9 Å². The first-order valence-corrected chi connectivity index (χ1v) is 5.74. The standard InChI is InChI=1S/C12H8BrFO4/c13-10-4-8(1-2-11(10)14)18-6-9-3-7(5-17-9)12(15)16/h1-5H,6H2,(H,15,16). The second kappa shape index (κ2) is 5.22. The molecule has 2 aromatic rings. The molecule has 1 N–H and O–H groups in total. The average molecular weight is 315 g/mol. The third-order valence-corrected chi connectivity index (χ3v) is 2.78. The number of halogens is 2. The zero-order valence-electron chi connectivity index (χ0n) is 9.02. The monoisotopic (exact) mass is 314 g/mol. The number of benzene rings is 1. The SMILES string of the molecule is O=C(O)c1coc(COc2ccc(F)c(Br)c2)c1. The van der Waals surface area contributed by atoms with Crippen LogP contribution in [0, 0.1) is 5.82 Å². The van der Waals surface area contributed by atoms with Crippen LogP contribution in [0.25, 0.3) is 0 Å². The van der Waals surface area contributed by atoms with E-state index in [0.717, 1.165) is 6.26 Å². The summed E-state index contributed by atoms with van der Waals surface area (Å²) in [5, 5.41) is 8.70. The van der Waals surface area contributed by atoms with Crippen molar-refractivity contribution in [2.24, 2.45) is 0 Å². The summed E-state index contributed by atoms with van der Waals surface area (Å²) in [5.74, 6) is -0.604. The van der Waals surface area contributed by atoms with Crippen LogP contribution in [0.15, 0.2) is 39.4 Å². The highest BCUT2D eigenvalue weighted by Crippen LogP contribution is 2.22. The molecule has 2 rings (SSSR count). The Hall–Kier alpha value is -1.82. The Morgan fingerprint density at radius 3 is 2.83 bits per heavy atom. The third-order valence-electron chi connectivity index (χ3n) is 2.17. The van der Waals surface area contributed by atoms with Crippen molar-refractivity contribution >= 4 is 21.9 Å². The zero-order chi connectivity index (χ0) is 13.1. The first kappa shape index (κ1) is 12.6. The van der Waals surface area contributed by atoms with E-state index in [0.29, 0.717) is 16.0 Å². The topological polar surface area (TPSA) is 59.7 Å². The molecule has 94 valence electrons. The molecule has 0 radical (unpaired) electrons. The van der Waals surface area contributed by atoms with Gasteiger partial charge in [-0.1, -0.05) is 0 Å². The summed E-state index contributed by atoms with van der Waals surface area (Å²) in [6.45, 7) is 0.0748. The maximum Gasteiger partial charge on any atom is 0.338 e. The summed E-state index contributed by atoms with van der Waals surface area (Å²) >= 11 is 3.04. The molecule has 0 bridgehead atoms. The Morgan fingerprint density at radius 1 is 1.44 bits per heavy atom. The van der Waals surface area contributed by atoms with E-state index in [1.165, 1.54) is 24.3 Å². The molecule has 1 heterocycles. The predicted octanol–water partition coefficient (Wildman–Crippen LogP) is 3.46. The first-order chi connectivity index (χ1) is 8.56. The fourth-order valence-corrected chi connectivity index (χ4v) is 1.65. The molecular weight excluding hydrogens is 307 g/mol. The van der Waals surface area contributed by atoms with Crippen LogP contribution < -0.4 is 4.74 Å². The van der Waals surface area contributed by atoms with E-state index < -0.39 is 5.97 Å². The van der Waals surface area contributed by atoms with Gasteiger partial charge in [-0.15, -0.1) is 0 Å². The van der Waals surface area contributed by atoms with Crippen molar-refractivity contribution in [2.45, 2.75) is 6.61 Å². The van der Waals surface area contributed by atoms with Crippen molar-refractivity contribution in [3.63, 3.8) is 0 Å². The van der Waals surface area contributed by atoms with Crippen molar-refractivity contribution in [2.75, 3.05) is 0 Å². The molecule has 0 amide bonds. The van der Waals surface area contributed by atoms with Crippen molar-refractivity contribution in [1.82, 2.24) is 0 Å². The number of hydrogen-bond donors (Lipinski definition) is 1. The maximum atomic E-state index is 13.0. The number of carbonyl (C=O) groups is 1. The minimum atomic E-state index is -1.06. The minimum Gasteiger partial charge on any atom is -0.486 e. The number of hydrogen-bond acceptors (Lipinski definition) is 3. The van der Waals surface area contributed by atoms with Gasteiger partial charge in [-0.05, 0) is 40.2 Å². The quantitative estimate of drug-likeness (QED) is 0.939. The van der Waals surface area contributed by atoms with Crippen LogP contribution in [0.5, 0.6) is 5.75 Å². The molecule has 0 saturated heterocycles. The summed E-state index contributed by atoms with van der Waals surface area (Å²) in [6.07, 6.45) is 1.14. The second-order valence-electron chi connectivity index (χ2n) is 3.47. The third kappa shape index (κ3) is 2.89. The summed E-state index contributed by atoms with van der Waals surface area (Å²) in [6, 6.07) is 5.60. The largest absolute Gasteiger partial charge is 0.486 e. The molecule has 0 atom stereocenters. The molecule has 0 fully saturated rings. The fourth-order valence-electron chi connectivity index (χ4n) is 1.29. The van der Waals surface area contributed by atoms with E-state index in [1.54, 1.807) is 0 Å². The van der Waals surface area contributed by atoms with Gasteiger partial charge in [0.05, 0.1) is 10.0 Å². The molecule has 0 aliphatic heterocycles. The molecule has 18 heavy (non-hydrogen) atoms. The van der Waals surface area contributed by atoms with Gasteiger partial charge < -0.3 is 14.3 Å². The summed E-state index contributed by atoms with van der Waals surface area (Å²) in [4.78, 5) is 10.6. The predicted molar refractivity (Wildman–Crippen MR) is 64.1 cm³/mol. The van der Waals surface area contributed by atoms with Gasteiger partial charge in [-0.25, -0.2) is 9.18 Å². The van der Waals surface area contributed by atoms with Gasteiger partial charge in [0.2, 0.25) is 0 Å². The van der Waals surface area contributed by atoms with Crippen molar-refractivity contribution in [1.29, 1.82) is 0 Å². The lowest BCUT2D eigenvalue weighted by atomic mass is 10.3. The lowest BCUT2D eigenvalue weighted by Crippen LogP contribution is -1.95. The van der Waals surface area contributed by atoms with E-state index >= 15 is 0 Å². The van der Waals surface area contributed by atoms with E-state index in [4.69, 9.17) is 14.3 Å². The first-order valence-electron chi connectivity index (χ1n) is 4.95. The summed E-state index contributed by atoms with van der Waals surface area (Å²) < 4.78 is 23.6. The number of rotatable bonds is 4. The molecule has 6 heteroatoms. The highest BCUT2D eigenvalue weighted by atomic mass is 79.9. The molecule has 0 saturated carbocycles. The number of carboxylic acid groups (broad SMARTS) is 1. The zero-order valence-corrected chi connectivity index (χ0v) is 10.6. The number of carboxylic acids is 1. The van der Waals surface area contributed by atoms with E-state index in [-0.39, 0.29) is 18.0 Å². The van der Waals surface area contributed by atoms with Gasteiger partial charge in [0, 0.05) is 0 Å². The van der Waals surface area contributed by atoms with Gasteiger partial charge in [-0.2, -0.15) is 0 Å². The molecule has 0 aliphatic rings. The van der Waals surface area contributed by atoms with Gasteiger partial charge >= 0.3 is 5.97 Å². The Morgan fingerprint density at radius 2 is 2.22 bits per heavy atom. The van der Waals surface area contributed by atoms with Crippen molar-refractivity contribution in [3.8, 4) is 5.75 Å². The lowest BCUT2D eigenvalue weighted by molar-refractivity contribution is 0.0696. The number of ether oxygens (including phenoxy) is 1. The molecule has 0 aliphatic carbocycles. The maximum absolute atomic E-state index is 13.0. The van der Waals surface area contributed by atoms with Crippen LogP contribution in [0.4, 0.5) is 4.39 Å². The Labute approximate surface area is 110 Å². The van der Waals surface area contributed by atoms with Crippen LogP contribution in [-0.2, 0) is 6.61 Å². The minimum absolute atomic E-state index is 0.0638. The van der Waals surface area contributed by atoms with Crippen LogP contribution in [0.2, 0.25) is 0 Å². The molecule has 1 aromatic heterocycles. The highest BCUT2D eigenvalue weighted by Gasteiger charge is 2.09. The fraction of sp³-hybridized carbons (Fsp3) is 0.0833. The van der Waals surface area contributed by atoms with E-state index in [1.807, 2.05) is 0 Å². The summed E-state index contributed by atoms with van der Waals surface area (Å²) in [5.41, 5.74) is 0.0638. The normalized spacial score (nSPS) is 10.3. The second-order valence-corrected chi connectivity index (χ2v) is 4.33. The van der Waals surface area contributed by atoms with Crippen LogP contribution in [-0.4, -0.2) is 11.1 Å². The van der Waals surface area contributed by atoms with Gasteiger partial charge in [0.25, 0.3) is 0 Å². The smallest absolute Gasteiger partial charge is 0.338 e. The highest BCUT2D eigenvalue weighted by molar-refractivity contribution is 9.10. The molecule has 4 nitrogen and oxygen atoms in total. The van der Waals surface area contributed by atoms with Gasteiger partial charge in [-0.3, -0.25) is 0 Å². The van der Waals surface area contributed by atoms with Gasteiger partial charge in [0.15, 0.2) is 0 Å². The van der Waals surface area contributed by atoms with Crippen molar-refractivity contribution < 1.29 is 23.4 Å². The molecular formula is C12H8BrFO4. The Kier molecular flexibility index (Phi) is 3.66. The van der Waals surface area contributed by atoms with Gasteiger partial charge in [0.1, 0.15) is 30.2 Å². The lowest BCUT2D eigenvalue weighted by Gasteiger charge is -2.04. The van der Waals surface area contributed by atoms with Crippen molar-refractivity contribution in [3.05, 3.63) is 52.1 Å². The summed E-state index contributed by atoms with van der Waals surface area (Å²) in [7, 11) is 0. The molecule has 0 unspecified atom stereocenters. The van der Waals surface area contributed by atoms with E-state index in [9.17, 15) is 9.18 Å². The van der Waals surface area contributed by atoms with Crippen LogP contribution in [0.1, 0.15) is 16.1 Å². The Bertz CT molecular complexity index is 579. The Balaban J connectivity index is 2.02. The van der Waals surface area contributed by atoms with Crippen LogP contribution >= 0.6 is 15.9 Å².